The lowest BCUT2D eigenvalue weighted by Crippen LogP contribution is -2.12. The molecule has 7 nitrogen and oxygen atoms in total. The number of rotatable bonds is 3. The summed E-state index contributed by atoms with van der Waals surface area (Å²) in [6.07, 6.45) is 1.09. The van der Waals surface area contributed by atoms with Gasteiger partial charge >= 0.3 is 0 Å². The maximum atomic E-state index is 11.2. The van der Waals surface area contributed by atoms with Crippen LogP contribution in [0.5, 0.6) is 0 Å². The van der Waals surface area contributed by atoms with Crippen LogP contribution in [-0.2, 0) is 14.6 Å². The summed E-state index contributed by atoms with van der Waals surface area (Å²) in [7, 11) is -0.0546. The number of sulfone groups is 1. The quantitative estimate of drug-likeness (QED) is 0.416. The third-order valence-corrected chi connectivity index (χ3v) is 4.12. The van der Waals surface area contributed by atoms with Crippen molar-refractivity contribution in [1.82, 2.24) is 0 Å². The number of Topliss-reactive ketones (excluding diaryl/α,β-unsaturated/α-hetero) is 1. The monoisotopic (exact) mass is 366 g/mol. The second kappa shape index (κ2) is 9.16. The number of fused-ring (bicyclic) bond motifs is 2. The molecule has 25 heavy (non-hydrogen) atoms. The minimum absolute atomic E-state index is 0.103. The first-order chi connectivity index (χ1) is 11.7. The SMILES string of the molecule is CC(=O)c1cc(S(C)(=O)=O)ccc1NN.COC.c1cc2ccc1o2. The minimum Gasteiger partial charge on any atom is -0.457 e. The third kappa shape index (κ3) is 6.18. The molecule has 0 fully saturated rings. The summed E-state index contributed by atoms with van der Waals surface area (Å²) >= 11 is 0. The molecule has 2 heterocycles. The summed E-state index contributed by atoms with van der Waals surface area (Å²) < 4.78 is 31.8. The van der Waals surface area contributed by atoms with Crippen molar-refractivity contribution >= 4 is 32.5 Å². The molecule has 0 aliphatic carbocycles. The van der Waals surface area contributed by atoms with Gasteiger partial charge in [-0.25, -0.2) is 8.42 Å². The van der Waals surface area contributed by atoms with Gasteiger partial charge < -0.3 is 14.6 Å². The molecule has 0 spiro atoms. The average Bonchev–Trinajstić information content (AvgIpc) is 3.20. The highest BCUT2D eigenvalue weighted by Crippen LogP contribution is 2.20. The predicted octanol–water partition coefficient (Wildman–Crippen LogP) is 2.71. The standard InChI is InChI=1S/C9H12N2O3S.C6H4O.C2H6O/c1-6(12)8-5-7(15(2,13)14)3-4-9(8)11-10;1-2-6-4-3-5(1)7-6;1-3-2/h3-5,11H,10H2,1-2H3;1-4H;1-2H3. The Balaban J connectivity index is 0.000000254. The Labute approximate surface area is 147 Å². The molecule has 2 bridgehead atoms. The molecule has 3 rings (SSSR count). The van der Waals surface area contributed by atoms with Crippen LogP contribution in [0.25, 0.3) is 11.2 Å². The Morgan fingerprint density at radius 1 is 1.08 bits per heavy atom. The van der Waals surface area contributed by atoms with Gasteiger partial charge in [-0.05, 0) is 49.4 Å². The molecule has 3 N–H and O–H groups in total. The number of ether oxygens (including phenoxy) is 1. The van der Waals surface area contributed by atoms with Gasteiger partial charge in [-0.3, -0.25) is 10.6 Å². The van der Waals surface area contributed by atoms with E-state index in [1.807, 2.05) is 24.3 Å². The molecule has 8 heteroatoms. The molecular formula is C17H22N2O5S. The molecule has 3 aromatic rings. The van der Waals surface area contributed by atoms with Crippen LogP contribution in [0.4, 0.5) is 5.69 Å². The normalized spacial score (nSPS) is 10.4. The molecule has 136 valence electrons. The molecule has 0 amide bonds. The summed E-state index contributed by atoms with van der Waals surface area (Å²) in [5.74, 6) is 4.95. The van der Waals surface area contributed by atoms with E-state index in [0.717, 1.165) is 17.4 Å². The molecule has 0 saturated heterocycles. The zero-order valence-electron chi connectivity index (χ0n) is 14.6. The summed E-state index contributed by atoms with van der Waals surface area (Å²) in [6, 6.07) is 12.0. The van der Waals surface area contributed by atoms with Gasteiger partial charge in [0.2, 0.25) is 0 Å². The fourth-order valence-electron chi connectivity index (χ4n) is 1.88. The Morgan fingerprint density at radius 3 is 1.84 bits per heavy atom. The number of benzene rings is 2. The summed E-state index contributed by atoms with van der Waals surface area (Å²) in [5.41, 5.74) is 4.95. The molecule has 0 unspecified atom stereocenters. The number of nitrogens with one attached hydrogen (secondary N) is 1. The highest BCUT2D eigenvalue weighted by Gasteiger charge is 2.12. The number of furan rings is 2. The third-order valence-electron chi connectivity index (χ3n) is 3.01. The highest BCUT2D eigenvalue weighted by atomic mass is 32.2. The van der Waals surface area contributed by atoms with Gasteiger partial charge in [0, 0.05) is 26.0 Å². The molecule has 0 aliphatic rings. The highest BCUT2D eigenvalue weighted by molar-refractivity contribution is 7.90. The number of nitrogens with two attached hydrogens (primary N) is 1. The topological polar surface area (TPSA) is 112 Å². The number of hydrogen-bond acceptors (Lipinski definition) is 7. The number of carbonyl (C=O) groups is 1. The van der Waals surface area contributed by atoms with Gasteiger partial charge in [-0.15, -0.1) is 0 Å². The van der Waals surface area contributed by atoms with Crippen molar-refractivity contribution in [3.63, 3.8) is 0 Å². The van der Waals surface area contributed by atoms with Crippen LogP contribution in [0.2, 0.25) is 0 Å². The zero-order chi connectivity index (χ0) is 19.0. The van der Waals surface area contributed by atoms with Crippen LogP contribution >= 0.6 is 0 Å². The fraction of sp³-hybridized carbons (Fsp3) is 0.235. The van der Waals surface area contributed by atoms with Gasteiger partial charge in [0.15, 0.2) is 15.6 Å². The van der Waals surface area contributed by atoms with Gasteiger partial charge in [0.25, 0.3) is 0 Å². The molecule has 0 aliphatic heterocycles. The average molecular weight is 366 g/mol. The van der Waals surface area contributed by atoms with E-state index in [4.69, 9.17) is 10.3 Å². The largest absolute Gasteiger partial charge is 0.457 e. The number of carbonyl (C=O) groups excluding carboxylic acids is 1. The van der Waals surface area contributed by atoms with Crippen LogP contribution in [0.3, 0.4) is 0 Å². The summed E-state index contributed by atoms with van der Waals surface area (Å²) in [5, 5.41) is 0. The van der Waals surface area contributed by atoms with E-state index >= 15 is 0 Å². The zero-order valence-corrected chi connectivity index (χ0v) is 15.4. The Kier molecular flexibility index (Phi) is 7.56. The lowest BCUT2D eigenvalue weighted by atomic mass is 10.1. The minimum atomic E-state index is -3.30. The second-order valence-corrected chi connectivity index (χ2v) is 7.18. The van der Waals surface area contributed by atoms with Crippen molar-refractivity contribution in [2.45, 2.75) is 11.8 Å². The lowest BCUT2D eigenvalue weighted by molar-refractivity contribution is 0.101. The summed E-state index contributed by atoms with van der Waals surface area (Å²) in [6.45, 7) is 1.35. The lowest BCUT2D eigenvalue weighted by Gasteiger charge is -2.07. The van der Waals surface area contributed by atoms with Crippen molar-refractivity contribution in [3.05, 3.63) is 48.0 Å². The van der Waals surface area contributed by atoms with Crippen molar-refractivity contribution < 1.29 is 22.4 Å². The predicted molar refractivity (Wildman–Crippen MR) is 97.7 cm³/mol. The van der Waals surface area contributed by atoms with Crippen molar-refractivity contribution in [2.24, 2.45) is 5.84 Å². The first kappa shape index (κ1) is 20.6. The first-order valence-corrected chi connectivity index (χ1v) is 9.11. The number of hydrazine groups is 1. The van der Waals surface area contributed by atoms with Crippen molar-refractivity contribution in [2.75, 3.05) is 25.9 Å². The Bertz CT molecular complexity index is 857. The molecule has 2 aromatic heterocycles. The number of nitrogen functional groups attached to an aromatic ring is 1. The fourth-order valence-corrected chi connectivity index (χ4v) is 2.53. The van der Waals surface area contributed by atoms with E-state index < -0.39 is 9.84 Å². The number of anilines is 1. The van der Waals surface area contributed by atoms with E-state index in [0.29, 0.717) is 5.69 Å². The van der Waals surface area contributed by atoms with Gasteiger partial charge in [0.05, 0.1) is 10.6 Å². The van der Waals surface area contributed by atoms with Gasteiger partial charge in [-0.2, -0.15) is 0 Å². The van der Waals surface area contributed by atoms with Crippen LogP contribution in [-0.4, -0.2) is 34.7 Å². The Hall–Kier alpha value is -2.42. The number of ketones is 1. The van der Waals surface area contributed by atoms with E-state index in [-0.39, 0.29) is 16.2 Å². The van der Waals surface area contributed by atoms with Gasteiger partial charge in [0.1, 0.15) is 11.2 Å². The van der Waals surface area contributed by atoms with E-state index in [9.17, 15) is 13.2 Å². The molecule has 0 saturated carbocycles. The van der Waals surface area contributed by atoms with E-state index in [2.05, 4.69) is 10.2 Å². The van der Waals surface area contributed by atoms with E-state index in [1.54, 1.807) is 14.2 Å². The smallest absolute Gasteiger partial charge is 0.175 e. The molecule has 1 aromatic carbocycles. The molecule has 0 atom stereocenters. The number of hydrogen-bond donors (Lipinski definition) is 2. The van der Waals surface area contributed by atoms with Crippen LogP contribution in [0, 0.1) is 0 Å². The molecule has 0 radical (unpaired) electrons. The summed E-state index contributed by atoms with van der Waals surface area (Å²) in [4.78, 5) is 11.3. The van der Waals surface area contributed by atoms with Crippen molar-refractivity contribution in [3.8, 4) is 0 Å². The number of methoxy groups -OCH3 is 1. The second-order valence-electron chi connectivity index (χ2n) is 5.16. The van der Waals surface area contributed by atoms with Crippen LogP contribution in [0.15, 0.2) is 51.8 Å². The Morgan fingerprint density at radius 2 is 1.56 bits per heavy atom. The maximum absolute atomic E-state index is 11.2. The van der Waals surface area contributed by atoms with Crippen molar-refractivity contribution in [1.29, 1.82) is 0 Å². The van der Waals surface area contributed by atoms with Gasteiger partial charge in [-0.1, -0.05) is 0 Å². The molecular weight excluding hydrogens is 344 g/mol. The van der Waals surface area contributed by atoms with Crippen LogP contribution < -0.4 is 11.3 Å². The maximum Gasteiger partial charge on any atom is 0.175 e. The van der Waals surface area contributed by atoms with Crippen LogP contribution in [0.1, 0.15) is 17.3 Å². The van der Waals surface area contributed by atoms with E-state index in [1.165, 1.54) is 25.1 Å². The first-order valence-electron chi connectivity index (χ1n) is 7.22.